The molecule has 2 amide bonds. The smallest absolute Gasteiger partial charge is 0.320 e. The van der Waals surface area contributed by atoms with Crippen molar-refractivity contribution >= 4 is 12.0 Å². The van der Waals surface area contributed by atoms with Gasteiger partial charge in [-0.05, 0) is 38.5 Å². The first-order chi connectivity index (χ1) is 10.0. The Labute approximate surface area is 125 Å². The molecule has 6 heteroatoms. The lowest BCUT2D eigenvalue weighted by Crippen LogP contribution is -2.56. The van der Waals surface area contributed by atoms with Crippen LogP contribution in [0, 0.1) is 5.41 Å². The molecule has 1 saturated carbocycles. The van der Waals surface area contributed by atoms with E-state index in [1.807, 2.05) is 6.92 Å². The third kappa shape index (κ3) is 3.15. The first kappa shape index (κ1) is 16.1. The van der Waals surface area contributed by atoms with Crippen LogP contribution in [0.2, 0.25) is 0 Å². The van der Waals surface area contributed by atoms with Crippen molar-refractivity contribution in [2.75, 3.05) is 26.2 Å². The second kappa shape index (κ2) is 6.64. The number of aliphatic carboxylic acids is 1. The Balaban J connectivity index is 2.08. The Morgan fingerprint density at radius 1 is 1.33 bits per heavy atom. The average Bonchev–Trinajstić information content (AvgIpc) is 2.44. The molecule has 0 aromatic heterocycles. The maximum atomic E-state index is 12.7. The van der Waals surface area contributed by atoms with Crippen molar-refractivity contribution in [3.63, 3.8) is 0 Å². The van der Waals surface area contributed by atoms with Gasteiger partial charge in [-0.2, -0.15) is 0 Å². The van der Waals surface area contributed by atoms with E-state index in [1.165, 1.54) is 0 Å². The maximum absolute atomic E-state index is 12.7. The van der Waals surface area contributed by atoms with E-state index in [2.05, 4.69) is 0 Å². The van der Waals surface area contributed by atoms with Gasteiger partial charge in [-0.3, -0.25) is 4.79 Å². The molecule has 0 bridgehead atoms. The van der Waals surface area contributed by atoms with Crippen molar-refractivity contribution in [1.82, 2.24) is 9.80 Å². The Hall–Kier alpha value is -1.30. The lowest BCUT2D eigenvalue weighted by atomic mass is 9.77. The van der Waals surface area contributed by atoms with E-state index >= 15 is 0 Å². The number of hydrogen-bond acceptors (Lipinski definition) is 3. The Morgan fingerprint density at radius 2 is 2.05 bits per heavy atom. The molecule has 120 valence electrons. The molecular formula is C15H26N2O4. The van der Waals surface area contributed by atoms with Crippen LogP contribution >= 0.6 is 0 Å². The zero-order valence-corrected chi connectivity index (χ0v) is 12.8. The highest BCUT2D eigenvalue weighted by molar-refractivity contribution is 5.79. The number of carboxylic acid groups (broad SMARTS) is 1. The van der Waals surface area contributed by atoms with Gasteiger partial charge < -0.3 is 20.0 Å². The van der Waals surface area contributed by atoms with Crippen LogP contribution in [0.15, 0.2) is 0 Å². The lowest BCUT2D eigenvalue weighted by Gasteiger charge is -2.44. The van der Waals surface area contributed by atoms with Gasteiger partial charge in [-0.1, -0.05) is 6.92 Å². The van der Waals surface area contributed by atoms with Crippen LogP contribution in [0.3, 0.4) is 0 Å². The van der Waals surface area contributed by atoms with Crippen LogP contribution in [0.25, 0.3) is 0 Å². The summed E-state index contributed by atoms with van der Waals surface area (Å²) in [5.41, 5.74) is -0.807. The molecule has 2 fully saturated rings. The standard InChI is InChI=1S/C15H26N2O4/c1-2-15(13(19)20)7-4-8-16(11-15)14(21)17(9-10-18)12-5-3-6-12/h12,18H,2-11H2,1H3,(H,19,20). The number of aliphatic hydroxyl groups is 1. The zero-order valence-electron chi connectivity index (χ0n) is 12.8. The second-order valence-electron chi connectivity index (χ2n) is 6.25. The number of rotatable bonds is 5. The number of hydrogen-bond donors (Lipinski definition) is 2. The number of aliphatic hydroxyl groups excluding tert-OH is 1. The molecule has 2 rings (SSSR count). The van der Waals surface area contributed by atoms with Crippen LogP contribution in [-0.2, 0) is 4.79 Å². The van der Waals surface area contributed by atoms with Crippen LogP contribution in [-0.4, -0.2) is 64.3 Å². The number of urea groups is 1. The highest BCUT2D eigenvalue weighted by atomic mass is 16.4. The molecule has 0 aromatic carbocycles. The molecular weight excluding hydrogens is 272 g/mol. The predicted molar refractivity (Wildman–Crippen MR) is 78.0 cm³/mol. The monoisotopic (exact) mass is 298 g/mol. The summed E-state index contributed by atoms with van der Waals surface area (Å²) in [5.74, 6) is -0.806. The van der Waals surface area contributed by atoms with Gasteiger partial charge in [-0.25, -0.2) is 4.79 Å². The molecule has 0 aromatic rings. The van der Waals surface area contributed by atoms with Crippen LogP contribution in [0.4, 0.5) is 4.79 Å². The van der Waals surface area contributed by atoms with Gasteiger partial charge in [0.15, 0.2) is 0 Å². The normalized spacial score (nSPS) is 26.3. The van der Waals surface area contributed by atoms with Gasteiger partial charge in [0, 0.05) is 25.7 Å². The Bertz CT molecular complexity index is 397. The number of piperidine rings is 1. The van der Waals surface area contributed by atoms with Crippen LogP contribution < -0.4 is 0 Å². The van der Waals surface area contributed by atoms with E-state index in [0.717, 1.165) is 25.7 Å². The number of carbonyl (C=O) groups excluding carboxylic acids is 1. The van der Waals surface area contributed by atoms with Crippen LogP contribution in [0.5, 0.6) is 0 Å². The fourth-order valence-electron chi connectivity index (χ4n) is 3.33. The number of carbonyl (C=O) groups is 2. The molecule has 1 saturated heterocycles. The Morgan fingerprint density at radius 3 is 2.52 bits per heavy atom. The molecule has 1 unspecified atom stereocenters. The minimum Gasteiger partial charge on any atom is -0.481 e. The highest BCUT2D eigenvalue weighted by Crippen LogP contribution is 2.35. The minimum atomic E-state index is -0.807. The number of likely N-dealkylation sites (tertiary alicyclic amines) is 1. The molecule has 21 heavy (non-hydrogen) atoms. The second-order valence-corrected chi connectivity index (χ2v) is 6.25. The average molecular weight is 298 g/mol. The molecule has 2 N–H and O–H groups in total. The van der Waals surface area contributed by atoms with Gasteiger partial charge in [0.05, 0.1) is 12.0 Å². The topological polar surface area (TPSA) is 81.1 Å². The van der Waals surface area contributed by atoms with E-state index in [9.17, 15) is 19.8 Å². The Kier molecular flexibility index (Phi) is 5.08. The summed E-state index contributed by atoms with van der Waals surface area (Å²) in [4.78, 5) is 27.7. The summed E-state index contributed by atoms with van der Waals surface area (Å²) < 4.78 is 0. The third-order valence-electron chi connectivity index (χ3n) is 5.08. The summed E-state index contributed by atoms with van der Waals surface area (Å²) in [5, 5.41) is 18.7. The molecule has 2 aliphatic rings. The van der Waals surface area contributed by atoms with Crippen molar-refractivity contribution in [1.29, 1.82) is 0 Å². The fraction of sp³-hybridized carbons (Fsp3) is 0.867. The van der Waals surface area contributed by atoms with Gasteiger partial charge in [-0.15, -0.1) is 0 Å². The van der Waals surface area contributed by atoms with Gasteiger partial charge >= 0.3 is 12.0 Å². The van der Waals surface area contributed by atoms with Crippen molar-refractivity contribution in [2.45, 2.75) is 51.5 Å². The van der Waals surface area contributed by atoms with Crippen LogP contribution in [0.1, 0.15) is 45.4 Å². The zero-order chi connectivity index (χ0) is 15.5. The molecule has 6 nitrogen and oxygen atoms in total. The van der Waals surface area contributed by atoms with Crippen molar-refractivity contribution in [3.8, 4) is 0 Å². The first-order valence-corrected chi connectivity index (χ1v) is 7.94. The van der Waals surface area contributed by atoms with E-state index in [0.29, 0.717) is 25.9 Å². The summed E-state index contributed by atoms with van der Waals surface area (Å²) in [6, 6.07) is 0.111. The number of carboxylic acids is 1. The molecule has 1 atom stereocenters. The largest absolute Gasteiger partial charge is 0.481 e. The molecule has 0 radical (unpaired) electrons. The van der Waals surface area contributed by atoms with Gasteiger partial charge in [0.2, 0.25) is 0 Å². The first-order valence-electron chi connectivity index (χ1n) is 7.94. The fourth-order valence-corrected chi connectivity index (χ4v) is 3.33. The van der Waals surface area contributed by atoms with Crippen molar-refractivity contribution < 1.29 is 19.8 Å². The SMILES string of the molecule is CCC1(C(=O)O)CCCN(C(=O)N(CCO)C2CCC2)C1. The van der Waals surface area contributed by atoms with Crippen molar-refractivity contribution in [2.24, 2.45) is 5.41 Å². The third-order valence-corrected chi connectivity index (χ3v) is 5.08. The molecule has 1 heterocycles. The summed E-state index contributed by atoms with van der Waals surface area (Å²) in [6.07, 6.45) is 4.98. The molecule has 0 spiro atoms. The summed E-state index contributed by atoms with van der Waals surface area (Å²) >= 11 is 0. The van der Waals surface area contributed by atoms with E-state index < -0.39 is 11.4 Å². The van der Waals surface area contributed by atoms with E-state index in [1.54, 1.807) is 9.80 Å². The number of amides is 2. The van der Waals surface area contributed by atoms with Gasteiger partial charge in [0.25, 0.3) is 0 Å². The van der Waals surface area contributed by atoms with E-state index in [-0.39, 0.29) is 25.2 Å². The summed E-state index contributed by atoms with van der Waals surface area (Å²) in [6.45, 7) is 3.06. The minimum absolute atomic E-state index is 0.0477. The van der Waals surface area contributed by atoms with E-state index in [4.69, 9.17) is 0 Å². The molecule has 1 aliphatic heterocycles. The number of nitrogens with zero attached hydrogens (tertiary/aromatic N) is 2. The highest BCUT2D eigenvalue weighted by Gasteiger charge is 2.43. The predicted octanol–water partition coefficient (Wildman–Crippen LogP) is 1.53. The molecule has 1 aliphatic carbocycles. The summed E-state index contributed by atoms with van der Waals surface area (Å²) in [7, 11) is 0. The van der Waals surface area contributed by atoms with Gasteiger partial charge in [0.1, 0.15) is 0 Å². The maximum Gasteiger partial charge on any atom is 0.320 e. The lowest BCUT2D eigenvalue weighted by molar-refractivity contribution is -0.152. The quantitative estimate of drug-likeness (QED) is 0.806. The van der Waals surface area contributed by atoms with Crippen molar-refractivity contribution in [3.05, 3.63) is 0 Å².